The van der Waals surface area contributed by atoms with Crippen LogP contribution < -0.4 is 4.90 Å². The van der Waals surface area contributed by atoms with Gasteiger partial charge in [0.15, 0.2) is 0 Å². The Bertz CT molecular complexity index is 974. The average molecular weight is 505 g/mol. The highest BCUT2D eigenvalue weighted by molar-refractivity contribution is 7.15. The van der Waals surface area contributed by atoms with Gasteiger partial charge in [-0.25, -0.2) is 4.79 Å². The van der Waals surface area contributed by atoms with Crippen LogP contribution in [0.1, 0.15) is 74.9 Å². The predicted molar refractivity (Wildman–Crippen MR) is 140 cm³/mol. The van der Waals surface area contributed by atoms with E-state index in [1.54, 1.807) is 27.1 Å². The lowest BCUT2D eigenvalue weighted by atomic mass is 9.82. The van der Waals surface area contributed by atoms with Crippen molar-refractivity contribution in [3.63, 3.8) is 0 Å². The minimum Gasteiger partial charge on any atom is -0.465 e. The lowest BCUT2D eigenvalue weighted by Crippen LogP contribution is -2.57. The summed E-state index contributed by atoms with van der Waals surface area (Å²) in [4.78, 5) is 44.2. The van der Waals surface area contributed by atoms with Crippen LogP contribution in [-0.2, 0) is 19.1 Å². The van der Waals surface area contributed by atoms with Gasteiger partial charge in [0.05, 0.1) is 23.8 Å². The smallest absolute Gasteiger partial charge is 0.350 e. The summed E-state index contributed by atoms with van der Waals surface area (Å²) in [6, 6.07) is 0.792. The molecule has 0 aromatic carbocycles. The first-order valence-electron chi connectivity index (χ1n) is 12.1. The number of amides is 2. The number of thiophene rings is 1. The number of nitrogens with zero attached hydrogens (tertiary/aromatic N) is 2. The van der Waals surface area contributed by atoms with E-state index in [2.05, 4.69) is 18.8 Å². The number of likely N-dealkylation sites (N-methyl/N-ethyl adjacent to an activating group) is 1. The van der Waals surface area contributed by atoms with Gasteiger partial charge in [0.2, 0.25) is 11.8 Å². The van der Waals surface area contributed by atoms with E-state index in [-0.39, 0.29) is 28.0 Å². The van der Waals surface area contributed by atoms with Crippen molar-refractivity contribution in [1.82, 2.24) is 4.90 Å². The Balaban J connectivity index is 2.73. The number of methoxy groups -OCH3 is 2. The zero-order valence-corrected chi connectivity index (χ0v) is 23.4. The van der Waals surface area contributed by atoms with Crippen LogP contribution in [0.3, 0.4) is 0 Å². The Morgan fingerprint density at radius 1 is 1.11 bits per heavy atom. The first kappa shape index (κ1) is 28.9. The molecule has 0 saturated heterocycles. The van der Waals surface area contributed by atoms with E-state index in [0.29, 0.717) is 16.5 Å². The number of ether oxygens (including phenoxy) is 2. The van der Waals surface area contributed by atoms with Gasteiger partial charge >= 0.3 is 5.97 Å². The van der Waals surface area contributed by atoms with Crippen molar-refractivity contribution >= 4 is 34.8 Å². The van der Waals surface area contributed by atoms with Gasteiger partial charge in [0.1, 0.15) is 10.9 Å². The molecule has 0 aliphatic heterocycles. The molecule has 8 heteroatoms. The number of hydrogen-bond donors (Lipinski definition) is 0. The fraction of sp³-hybridized carbons (Fsp3) is 0.667. The van der Waals surface area contributed by atoms with Crippen LogP contribution in [0.15, 0.2) is 6.07 Å². The van der Waals surface area contributed by atoms with Crippen molar-refractivity contribution in [2.24, 2.45) is 17.3 Å². The third-order valence-corrected chi connectivity index (χ3v) is 7.31. The van der Waals surface area contributed by atoms with Crippen molar-refractivity contribution in [3.8, 4) is 11.8 Å². The van der Waals surface area contributed by atoms with E-state index in [1.807, 2.05) is 20.8 Å². The lowest BCUT2D eigenvalue weighted by Gasteiger charge is -2.38. The van der Waals surface area contributed by atoms with Gasteiger partial charge < -0.3 is 14.4 Å². The zero-order valence-electron chi connectivity index (χ0n) is 22.6. The van der Waals surface area contributed by atoms with E-state index in [1.165, 1.54) is 35.4 Å². The molecular formula is C27H40N2O5S. The summed E-state index contributed by atoms with van der Waals surface area (Å²) in [5.74, 6) is 5.64. The van der Waals surface area contributed by atoms with Gasteiger partial charge in [-0.15, -0.1) is 11.3 Å². The molecule has 0 N–H and O–H groups in total. The summed E-state index contributed by atoms with van der Waals surface area (Å²) < 4.78 is 10.6. The zero-order chi connectivity index (χ0) is 26.5. The number of rotatable bonds is 7. The Morgan fingerprint density at radius 2 is 1.71 bits per heavy atom. The summed E-state index contributed by atoms with van der Waals surface area (Å²) in [5.41, 5.74) is 0.116. The quantitative estimate of drug-likeness (QED) is 0.401. The second-order valence-electron chi connectivity index (χ2n) is 10.6. The molecule has 2 amide bonds. The first-order chi connectivity index (χ1) is 16.3. The van der Waals surface area contributed by atoms with Crippen LogP contribution in [0.2, 0.25) is 0 Å². The number of esters is 1. The molecule has 1 aliphatic rings. The Labute approximate surface area is 214 Å². The summed E-state index contributed by atoms with van der Waals surface area (Å²) >= 11 is 1.17. The molecule has 1 saturated carbocycles. The van der Waals surface area contributed by atoms with Crippen LogP contribution in [0.25, 0.3) is 0 Å². The third kappa shape index (κ3) is 7.31. The van der Waals surface area contributed by atoms with E-state index in [0.717, 1.165) is 25.7 Å². The second kappa shape index (κ2) is 12.0. The molecule has 1 aromatic heterocycles. The molecule has 1 aliphatic carbocycles. The topological polar surface area (TPSA) is 76.2 Å². The molecule has 0 radical (unpaired) electrons. The number of carbonyl (C=O) groups excluding carboxylic acids is 3. The largest absolute Gasteiger partial charge is 0.465 e. The fourth-order valence-electron chi connectivity index (χ4n) is 4.13. The van der Waals surface area contributed by atoms with E-state index >= 15 is 0 Å². The summed E-state index contributed by atoms with van der Waals surface area (Å²) in [6.45, 7) is 9.96. The third-order valence-electron chi connectivity index (χ3n) is 6.29. The maximum absolute atomic E-state index is 14.1. The van der Waals surface area contributed by atoms with Gasteiger partial charge in [-0.1, -0.05) is 18.8 Å². The molecule has 1 aromatic rings. The van der Waals surface area contributed by atoms with Gasteiger partial charge in [-0.2, -0.15) is 0 Å². The van der Waals surface area contributed by atoms with Crippen LogP contribution in [-0.4, -0.2) is 63.1 Å². The van der Waals surface area contributed by atoms with Gasteiger partial charge in [0, 0.05) is 32.5 Å². The number of anilines is 1. The van der Waals surface area contributed by atoms with Crippen LogP contribution >= 0.6 is 11.3 Å². The minimum atomic E-state index is -0.941. The van der Waals surface area contributed by atoms with Gasteiger partial charge in [0.25, 0.3) is 0 Å². The molecule has 2 rings (SSSR count). The van der Waals surface area contributed by atoms with Crippen molar-refractivity contribution in [3.05, 3.63) is 15.8 Å². The molecule has 1 fully saturated rings. The maximum atomic E-state index is 14.1. The van der Waals surface area contributed by atoms with E-state index < -0.39 is 18.1 Å². The van der Waals surface area contributed by atoms with Crippen molar-refractivity contribution in [2.45, 2.75) is 72.4 Å². The fourth-order valence-corrected chi connectivity index (χ4v) is 5.06. The standard InChI is InChI=1S/C27H40N2O5S/c1-17-10-12-19(13-11-17)24(30)29(22(18(2)33-8)25(31)28(6)7)21-16-20(14-15-27(3,4)5)35-23(21)26(32)34-9/h16-19,22H,10-13H2,1-9H3/t17?,18-,19?,22+/m1/s1. The van der Waals surface area contributed by atoms with Gasteiger partial charge in [-0.3, -0.25) is 14.5 Å². The summed E-state index contributed by atoms with van der Waals surface area (Å²) in [7, 11) is 6.12. The van der Waals surface area contributed by atoms with E-state index in [4.69, 9.17) is 9.47 Å². The highest BCUT2D eigenvalue weighted by atomic mass is 32.1. The van der Waals surface area contributed by atoms with Crippen molar-refractivity contribution in [1.29, 1.82) is 0 Å². The monoisotopic (exact) mass is 504 g/mol. The molecule has 35 heavy (non-hydrogen) atoms. The first-order valence-corrected chi connectivity index (χ1v) is 12.9. The van der Waals surface area contributed by atoms with Crippen LogP contribution in [0.5, 0.6) is 0 Å². The van der Waals surface area contributed by atoms with Crippen LogP contribution in [0.4, 0.5) is 5.69 Å². The molecule has 0 bridgehead atoms. The van der Waals surface area contributed by atoms with Crippen LogP contribution in [0, 0.1) is 29.1 Å². The van der Waals surface area contributed by atoms with Crippen molar-refractivity contribution < 1.29 is 23.9 Å². The average Bonchev–Trinajstić information content (AvgIpc) is 3.23. The Kier molecular flexibility index (Phi) is 9.94. The number of carbonyl (C=O) groups is 3. The molecular weight excluding hydrogens is 464 g/mol. The van der Waals surface area contributed by atoms with Gasteiger partial charge in [-0.05, 0) is 65.4 Å². The molecule has 194 valence electrons. The lowest BCUT2D eigenvalue weighted by molar-refractivity contribution is -0.136. The predicted octanol–water partition coefficient (Wildman–Crippen LogP) is 4.58. The molecule has 0 unspecified atom stereocenters. The Hall–Kier alpha value is -2.37. The van der Waals surface area contributed by atoms with Crippen molar-refractivity contribution in [2.75, 3.05) is 33.2 Å². The minimum absolute atomic E-state index is 0.167. The molecule has 0 spiro atoms. The normalized spacial score (nSPS) is 19.7. The highest BCUT2D eigenvalue weighted by Crippen LogP contribution is 2.37. The molecule has 7 nitrogen and oxygen atoms in total. The Morgan fingerprint density at radius 3 is 2.20 bits per heavy atom. The maximum Gasteiger partial charge on any atom is 0.350 e. The highest BCUT2D eigenvalue weighted by Gasteiger charge is 2.42. The number of hydrogen-bond acceptors (Lipinski definition) is 6. The van der Waals surface area contributed by atoms with E-state index in [9.17, 15) is 14.4 Å². The SMILES string of the molecule is COC(=O)c1sc(C#CC(C)(C)C)cc1N(C(=O)C1CCC(C)CC1)[C@H](C(=O)N(C)C)[C@@H](C)OC. The second-order valence-corrected chi connectivity index (χ2v) is 11.7. The summed E-state index contributed by atoms with van der Waals surface area (Å²) in [5, 5.41) is 0. The molecule has 1 heterocycles. The molecule has 2 atom stereocenters. The summed E-state index contributed by atoms with van der Waals surface area (Å²) in [6.07, 6.45) is 2.79.